The summed E-state index contributed by atoms with van der Waals surface area (Å²) in [7, 11) is 0. The molecule has 24 heavy (non-hydrogen) atoms. The van der Waals surface area contributed by atoms with E-state index in [0.29, 0.717) is 12.0 Å². The van der Waals surface area contributed by atoms with Gasteiger partial charge in [0.05, 0.1) is 5.92 Å². The molecule has 1 saturated heterocycles. The second-order valence-corrected chi connectivity index (χ2v) is 7.74. The number of nitrogens with one attached hydrogen (secondary N) is 2. The third kappa shape index (κ3) is 2.81. The predicted octanol–water partition coefficient (Wildman–Crippen LogP) is 3.21. The highest BCUT2D eigenvalue weighted by molar-refractivity contribution is 9.10. The van der Waals surface area contributed by atoms with Gasteiger partial charge in [0.25, 0.3) is 0 Å². The van der Waals surface area contributed by atoms with E-state index in [1.807, 2.05) is 18.2 Å². The Hall–Kier alpha value is -1.57. The Morgan fingerprint density at radius 1 is 1.12 bits per heavy atom. The van der Waals surface area contributed by atoms with Gasteiger partial charge < -0.3 is 15.2 Å². The second kappa shape index (κ2) is 6.06. The van der Waals surface area contributed by atoms with Gasteiger partial charge in [0, 0.05) is 14.5 Å². The molecule has 0 bridgehead atoms. The highest BCUT2D eigenvalue weighted by atomic mass is 79.9. The molecular formula is C17H14Br2N2O3. The van der Waals surface area contributed by atoms with E-state index in [-0.39, 0.29) is 17.6 Å². The van der Waals surface area contributed by atoms with Gasteiger partial charge in [0.2, 0.25) is 5.91 Å². The van der Waals surface area contributed by atoms with Crippen LogP contribution in [-0.2, 0) is 11.2 Å². The van der Waals surface area contributed by atoms with Crippen molar-refractivity contribution >= 4 is 37.8 Å². The number of benzene rings is 2. The summed E-state index contributed by atoms with van der Waals surface area (Å²) in [4.78, 5) is 12.6. The van der Waals surface area contributed by atoms with Gasteiger partial charge in [-0.25, -0.2) is 0 Å². The minimum absolute atomic E-state index is 0.0891. The Morgan fingerprint density at radius 2 is 1.88 bits per heavy atom. The molecule has 2 aromatic rings. The molecule has 5 nitrogen and oxygen atoms in total. The summed E-state index contributed by atoms with van der Waals surface area (Å²) in [5.41, 5.74) is 1.60. The lowest BCUT2D eigenvalue weighted by atomic mass is 9.91. The lowest BCUT2D eigenvalue weighted by Gasteiger charge is -2.40. The highest BCUT2D eigenvalue weighted by Gasteiger charge is 2.41. The van der Waals surface area contributed by atoms with Crippen molar-refractivity contribution in [2.75, 3.05) is 0 Å². The van der Waals surface area contributed by atoms with E-state index in [4.69, 9.17) is 4.74 Å². The molecule has 3 unspecified atom stereocenters. The zero-order valence-electron chi connectivity index (χ0n) is 12.4. The maximum Gasteiger partial charge on any atom is 0.230 e. The number of halogens is 2. The van der Waals surface area contributed by atoms with Crippen LogP contribution in [0.2, 0.25) is 0 Å². The first-order valence-corrected chi connectivity index (χ1v) is 9.10. The van der Waals surface area contributed by atoms with Crippen LogP contribution >= 0.6 is 31.9 Å². The molecule has 0 saturated carbocycles. The Labute approximate surface area is 155 Å². The maximum absolute atomic E-state index is 12.6. The summed E-state index contributed by atoms with van der Waals surface area (Å²) in [6.07, 6.45) is -0.334. The van der Waals surface area contributed by atoms with Crippen LogP contribution in [0.1, 0.15) is 17.3 Å². The number of hydrogen-bond donors (Lipinski definition) is 3. The fourth-order valence-electron chi connectivity index (χ4n) is 3.15. The topological polar surface area (TPSA) is 70.6 Å². The van der Waals surface area contributed by atoms with E-state index >= 15 is 0 Å². The zero-order valence-corrected chi connectivity index (χ0v) is 15.6. The molecule has 7 heteroatoms. The Bertz CT molecular complexity index is 827. The SMILES string of the molecule is O=C1NC(c2cc(Br)ccc2O)NC2Oc3ccc(Br)cc3CC12. The van der Waals surface area contributed by atoms with Crippen LogP contribution in [0.25, 0.3) is 0 Å². The van der Waals surface area contributed by atoms with Crippen LogP contribution < -0.4 is 15.4 Å². The van der Waals surface area contributed by atoms with Crippen molar-refractivity contribution in [3.8, 4) is 11.5 Å². The van der Waals surface area contributed by atoms with E-state index in [1.165, 1.54) is 0 Å². The van der Waals surface area contributed by atoms with Gasteiger partial charge in [-0.15, -0.1) is 0 Å². The molecule has 3 N–H and O–H groups in total. The Balaban J connectivity index is 1.64. The van der Waals surface area contributed by atoms with Gasteiger partial charge in [0.15, 0.2) is 6.23 Å². The molecule has 1 amide bonds. The standard InChI is InChI=1S/C17H14Br2N2O3/c18-9-2-4-14-8(5-9)6-12-16(23)20-15(21-17(12)24-14)11-7-10(19)1-3-13(11)22/h1-5,7,12,15,17,21-22H,6H2,(H,20,23). The van der Waals surface area contributed by atoms with Gasteiger partial charge in [-0.05, 0) is 48.4 Å². The number of ether oxygens (including phenoxy) is 1. The van der Waals surface area contributed by atoms with Crippen molar-refractivity contribution in [2.45, 2.75) is 18.8 Å². The minimum Gasteiger partial charge on any atom is -0.508 e. The molecule has 1 fully saturated rings. The average molecular weight is 454 g/mol. The number of aromatic hydroxyl groups is 1. The van der Waals surface area contributed by atoms with Crippen molar-refractivity contribution < 1.29 is 14.6 Å². The summed E-state index contributed by atoms with van der Waals surface area (Å²) in [6, 6.07) is 10.9. The summed E-state index contributed by atoms with van der Waals surface area (Å²) in [5, 5.41) is 16.3. The predicted molar refractivity (Wildman–Crippen MR) is 95.6 cm³/mol. The number of hydrogen-bond acceptors (Lipinski definition) is 4. The van der Waals surface area contributed by atoms with Gasteiger partial charge in [0.1, 0.15) is 17.7 Å². The molecule has 0 spiro atoms. The highest BCUT2D eigenvalue weighted by Crippen LogP contribution is 2.36. The minimum atomic E-state index is -0.506. The first-order valence-electron chi connectivity index (χ1n) is 7.51. The first-order chi connectivity index (χ1) is 11.5. The van der Waals surface area contributed by atoms with E-state index in [9.17, 15) is 9.90 Å². The normalized spacial score (nSPS) is 25.2. The van der Waals surface area contributed by atoms with Crippen molar-refractivity contribution in [3.63, 3.8) is 0 Å². The Morgan fingerprint density at radius 3 is 2.71 bits per heavy atom. The van der Waals surface area contributed by atoms with Gasteiger partial charge in [-0.3, -0.25) is 10.1 Å². The summed E-state index contributed by atoms with van der Waals surface area (Å²) in [6.45, 7) is 0. The number of carbonyl (C=O) groups excluding carboxylic acids is 1. The smallest absolute Gasteiger partial charge is 0.230 e. The summed E-state index contributed by atoms with van der Waals surface area (Å²) < 4.78 is 7.79. The molecule has 0 radical (unpaired) electrons. The van der Waals surface area contributed by atoms with E-state index < -0.39 is 12.4 Å². The Kier molecular flexibility index (Phi) is 4.02. The average Bonchev–Trinajstić information content (AvgIpc) is 2.55. The number of carbonyl (C=O) groups is 1. The lowest BCUT2D eigenvalue weighted by Crippen LogP contribution is -2.60. The maximum atomic E-state index is 12.6. The number of phenolic OH excluding ortho intramolecular Hbond substituents is 1. The molecule has 0 aromatic heterocycles. The quantitative estimate of drug-likeness (QED) is 0.620. The van der Waals surface area contributed by atoms with Crippen LogP contribution in [0.15, 0.2) is 45.3 Å². The van der Waals surface area contributed by atoms with Crippen LogP contribution in [0.5, 0.6) is 11.5 Å². The van der Waals surface area contributed by atoms with Crippen LogP contribution in [-0.4, -0.2) is 17.2 Å². The van der Waals surface area contributed by atoms with Crippen molar-refractivity contribution in [3.05, 3.63) is 56.5 Å². The van der Waals surface area contributed by atoms with Crippen molar-refractivity contribution in [1.29, 1.82) is 0 Å². The molecule has 2 heterocycles. The largest absolute Gasteiger partial charge is 0.508 e. The van der Waals surface area contributed by atoms with E-state index in [2.05, 4.69) is 42.5 Å². The summed E-state index contributed by atoms with van der Waals surface area (Å²) in [5.74, 6) is 0.500. The molecule has 2 aliphatic heterocycles. The second-order valence-electron chi connectivity index (χ2n) is 5.91. The van der Waals surface area contributed by atoms with Crippen molar-refractivity contribution in [1.82, 2.24) is 10.6 Å². The van der Waals surface area contributed by atoms with Crippen LogP contribution in [0, 0.1) is 5.92 Å². The number of fused-ring (bicyclic) bond motifs is 2. The van der Waals surface area contributed by atoms with Crippen LogP contribution in [0.4, 0.5) is 0 Å². The lowest BCUT2D eigenvalue weighted by molar-refractivity contribution is -0.135. The fourth-order valence-corrected chi connectivity index (χ4v) is 3.93. The number of phenols is 1. The van der Waals surface area contributed by atoms with Gasteiger partial charge >= 0.3 is 0 Å². The molecular weight excluding hydrogens is 440 g/mol. The molecule has 2 aliphatic rings. The summed E-state index contributed by atoms with van der Waals surface area (Å²) >= 11 is 6.83. The first kappa shape index (κ1) is 15.9. The molecule has 2 aromatic carbocycles. The number of amides is 1. The van der Waals surface area contributed by atoms with E-state index in [0.717, 1.165) is 20.3 Å². The van der Waals surface area contributed by atoms with Gasteiger partial charge in [-0.1, -0.05) is 31.9 Å². The zero-order chi connectivity index (χ0) is 16.8. The van der Waals surface area contributed by atoms with Crippen molar-refractivity contribution in [2.24, 2.45) is 5.92 Å². The monoisotopic (exact) mass is 452 g/mol. The van der Waals surface area contributed by atoms with Crippen LogP contribution in [0.3, 0.4) is 0 Å². The van der Waals surface area contributed by atoms with Gasteiger partial charge in [-0.2, -0.15) is 0 Å². The molecule has 4 rings (SSSR count). The molecule has 124 valence electrons. The fraction of sp³-hybridized carbons (Fsp3) is 0.235. The van der Waals surface area contributed by atoms with E-state index in [1.54, 1.807) is 18.2 Å². The number of rotatable bonds is 1. The molecule has 0 aliphatic carbocycles. The third-order valence-electron chi connectivity index (χ3n) is 4.34. The third-order valence-corrected chi connectivity index (χ3v) is 5.32. The molecule has 3 atom stereocenters.